The fraction of sp³-hybridized carbons (Fsp3) is 0.455. The number of aliphatic hydroxyl groups excluding tert-OH is 1. The highest BCUT2D eigenvalue weighted by Crippen LogP contribution is 2.23. The fourth-order valence-corrected chi connectivity index (χ4v) is 1.86. The summed E-state index contributed by atoms with van der Waals surface area (Å²) >= 11 is 3.44. The molecule has 1 aromatic carbocycles. The van der Waals surface area contributed by atoms with Gasteiger partial charge >= 0.3 is 0 Å². The zero-order chi connectivity index (χ0) is 10.6. The molecule has 0 atom stereocenters. The summed E-state index contributed by atoms with van der Waals surface area (Å²) in [6, 6.07) is 6.03. The van der Waals surface area contributed by atoms with E-state index in [9.17, 15) is 0 Å². The zero-order valence-corrected chi connectivity index (χ0v) is 10.2. The third-order valence-electron chi connectivity index (χ3n) is 2.21. The second-order valence-electron chi connectivity index (χ2n) is 3.36. The summed E-state index contributed by atoms with van der Waals surface area (Å²) < 4.78 is 0.973. The van der Waals surface area contributed by atoms with E-state index in [1.165, 1.54) is 5.69 Å². The Labute approximate surface area is 93.7 Å². The van der Waals surface area contributed by atoms with E-state index < -0.39 is 0 Å². The molecule has 14 heavy (non-hydrogen) atoms. The van der Waals surface area contributed by atoms with Crippen LogP contribution in [0.15, 0.2) is 22.7 Å². The molecule has 0 fully saturated rings. The highest BCUT2D eigenvalue weighted by atomic mass is 79.9. The quantitative estimate of drug-likeness (QED) is 0.897. The van der Waals surface area contributed by atoms with Gasteiger partial charge in [-0.05, 0) is 24.1 Å². The first-order valence-corrected chi connectivity index (χ1v) is 5.58. The average molecular weight is 258 g/mol. The maximum atomic E-state index is 9.01. The monoisotopic (exact) mass is 257 g/mol. The number of nitrogens with zero attached hydrogens (tertiary/aromatic N) is 1. The molecular weight excluding hydrogens is 242 g/mol. The normalized spacial score (nSPS) is 10.3. The molecule has 78 valence electrons. The fourth-order valence-electron chi connectivity index (χ4n) is 1.37. The number of halogens is 1. The minimum atomic E-state index is 0.0817. The molecule has 0 aliphatic heterocycles. The number of rotatable bonds is 4. The second kappa shape index (κ2) is 5.37. The first kappa shape index (κ1) is 11.5. The summed E-state index contributed by atoms with van der Waals surface area (Å²) in [5.41, 5.74) is 2.11. The molecule has 0 heterocycles. The molecular formula is C11H16BrNO. The van der Waals surface area contributed by atoms with Crippen LogP contribution in [0.4, 0.5) is 5.69 Å². The van der Waals surface area contributed by atoms with Crippen molar-refractivity contribution in [3.63, 3.8) is 0 Å². The van der Waals surface area contributed by atoms with Crippen LogP contribution in [-0.2, 0) is 6.61 Å². The lowest BCUT2D eigenvalue weighted by atomic mass is 10.2. The van der Waals surface area contributed by atoms with Crippen molar-refractivity contribution in [2.24, 2.45) is 0 Å². The lowest BCUT2D eigenvalue weighted by Gasteiger charge is -2.19. The van der Waals surface area contributed by atoms with Crippen LogP contribution in [0.2, 0.25) is 0 Å². The van der Waals surface area contributed by atoms with Crippen LogP contribution in [0.1, 0.15) is 18.9 Å². The number of anilines is 1. The molecule has 0 amide bonds. The minimum absolute atomic E-state index is 0.0817. The lowest BCUT2D eigenvalue weighted by Crippen LogP contribution is -2.17. The van der Waals surface area contributed by atoms with Crippen LogP contribution in [0.3, 0.4) is 0 Å². The van der Waals surface area contributed by atoms with E-state index in [1.807, 2.05) is 18.2 Å². The maximum Gasteiger partial charge on any atom is 0.0692 e. The topological polar surface area (TPSA) is 23.5 Å². The first-order chi connectivity index (χ1) is 6.69. The molecule has 2 nitrogen and oxygen atoms in total. The van der Waals surface area contributed by atoms with Crippen LogP contribution in [0.5, 0.6) is 0 Å². The Balaban J connectivity index is 2.85. The van der Waals surface area contributed by atoms with E-state index in [4.69, 9.17) is 5.11 Å². The SMILES string of the molecule is CCCN(C)c1ccc(CO)c(Br)c1. The van der Waals surface area contributed by atoms with Gasteiger partial charge in [-0.1, -0.05) is 28.9 Å². The number of benzene rings is 1. The molecule has 0 saturated carbocycles. The summed E-state index contributed by atoms with van der Waals surface area (Å²) in [5.74, 6) is 0. The van der Waals surface area contributed by atoms with E-state index in [0.29, 0.717) is 0 Å². The smallest absolute Gasteiger partial charge is 0.0692 e. The van der Waals surface area contributed by atoms with Gasteiger partial charge in [0.25, 0.3) is 0 Å². The van der Waals surface area contributed by atoms with Gasteiger partial charge in [0, 0.05) is 23.8 Å². The van der Waals surface area contributed by atoms with E-state index in [2.05, 4.69) is 34.8 Å². The number of hydrogen-bond acceptors (Lipinski definition) is 2. The van der Waals surface area contributed by atoms with Crippen molar-refractivity contribution in [2.45, 2.75) is 20.0 Å². The number of aliphatic hydroxyl groups is 1. The van der Waals surface area contributed by atoms with Crippen molar-refractivity contribution in [1.29, 1.82) is 0 Å². The first-order valence-electron chi connectivity index (χ1n) is 4.79. The van der Waals surface area contributed by atoms with Gasteiger partial charge in [-0.15, -0.1) is 0 Å². The molecule has 1 N–H and O–H groups in total. The maximum absolute atomic E-state index is 9.01. The summed E-state index contributed by atoms with van der Waals surface area (Å²) in [7, 11) is 2.07. The van der Waals surface area contributed by atoms with Crippen molar-refractivity contribution in [3.05, 3.63) is 28.2 Å². The van der Waals surface area contributed by atoms with Crippen LogP contribution < -0.4 is 4.90 Å². The van der Waals surface area contributed by atoms with Gasteiger partial charge in [0.2, 0.25) is 0 Å². The van der Waals surface area contributed by atoms with E-state index in [1.54, 1.807) is 0 Å². The summed E-state index contributed by atoms with van der Waals surface area (Å²) in [6.07, 6.45) is 1.13. The molecule has 1 aromatic rings. The molecule has 0 unspecified atom stereocenters. The highest BCUT2D eigenvalue weighted by Gasteiger charge is 2.03. The Hall–Kier alpha value is -0.540. The Kier molecular flexibility index (Phi) is 4.42. The van der Waals surface area contributed by atoms with Crippen molar-refractivity contribution < 1.29 is 5.11 Å². The molecule has 0 aliphatic carbocycles. The third-order valence-corrected chi connectivity index (χ3v) is 2.94. The van der Waals surface area contributed by atoms with E-state index >= 15 is 0 Å². The van der Waals surface area contributed by atoms with Crippen LogP contribution in [0, 0.1) is 0 Å². The van der Waals surface area contributed by atoms with Gasteiger partial charge in [-0.25, -0.2) is 0 Å². The van der Waals surface area contributed by atoms with Gasteiger partial charge in [0.05, 0.1) is 6.61 Å². The number of hydrogen-bond donors (Lipinski definition) is 1. The summed E-state index contributed by atoms with van der Waals surface area (Å²) in [4.78, 5) is 2.20. The third kappa shape index (κ3) is 2.72. The predicted molar refractivity (Wildman–Crippen MR) is 63.6 cm³/mol. The van der Waals surface area contributed by atoms with Crippen molar-refractivity contribution in [3.8, 4) is 0 Å². The summed E-state index contributed by atoms with van der Waals surface area (Å²) in [5, 5.41) is 9.01. The highest BCUT2D eigenvalue weighted by molar-refractivity contribution is 9.10. The Morgan fingerprint density at radius 3 is 2.64 bits per heavy atom. The standard InChI is InChI=1S/C11H16BrNO/c1-3-6-13(2)10-5-4-9(8-14)11(12)7-10/h4-5,7,14H,3,6,8H2,1-2H3. The van der Waals surface area contributed by atoms with Gasteiger partial charge in [-0.3, -0.25) is 0 Å². The van der Waals surface area contributed by atoms with Crippen molar-refractivity contribution in [1.82, 2.24) is 0 Å². The van der Waals surface area contributed by atoms with Crippen LogP contribution in [-0.4, -0.2) is 18.7 Å². The lowest BCUT2D eigenvalue weighted by molar-refractivity contribution is 0.281. The molecule has 1 rings (SSSR count). The van der Waals surface area contributed by atoms with Crippen molar-refractivity contribution >= 4 is 21.6 Å². The van der Waals surface area contributed by atoms with Gasteiger partial charge in [-0.2, -0.15) is 0 Å². The minimum Gasteiger partial charge on any atom is -0.392 e. The van der Waals surface area contributed by atoms with Gasteiger partial charge in [0.1, 0.15) is 0 Å². The molecule has 3 heteroatoms. The Bertz CT molecular complexity index is 301. The molecule has 0 spiro atoms. The predicted octanol–water partition coefficient (Wildman–Crippen LogP) is 2.79. The zero-order valence-electron chi connectivity index (χ0n) is 8.63. The largest absolute Gasteiger partial charge is 0.392 e. The molecule has 0 saturated heterocycles. The van der Waals surface area contributed by atoms with Crippen molar-refractivity contribution in [2.75, 3.05) is 18.5 Å². The van der Waals surface area contributed by atoms with E-state index in [0.717, 1.165) is 23.0 Å². The molecule has 0 aliphatic rings. The Morgan fingerprint density at radius 1 is 1.43 bits per heavy atom. The molecule has 0 bridgehead atoms. The van der Waals surface area contributed by atoms with Crippen LogP contribution in [0.25, 0.3) is 0 Å². The Morgan fingerprint density at radius 2 is 2.14 bits per heavy atom. The average Bonchev–Trinajstić information content (AvgIpc) is 2.18. The summed E-state index contributed by atoms with van der Waals surface area (Å²) in [6.45, 7) is 3.29. The van der Waals surface area contributed by atoms with Gasteiger partial charge in [0.15, 0.2) is 0 Å². The molecule has 0 aromatic heterocycles. The second-order valence-corrected chi connectivity index (χ2v) is 4.21. The van der Waals surface area contributed by atoms with E-state index in [-0.39, 0.29) is 6.61 Å². The molecule has 0 radical (unpaired) electrons. The van der Waals surface area contributed by atoms with Gasteiger partial charge < -0.3 is 10.0 Å². The van der Waals surface area contributed by atoms with Crippen LogP contribution >= 0.6 is 15.9 Å².